The molecule has 2 aromatic rings. The van der Waals surface area contributed by atoms with Crippen molar-refractivity contribution < 1.29 is 19.4 Å². The van der Waals surface area contributed by atoms with Crippen LogP contribution in [-0.4, -0.2) is 46.2 Å². The maximum atomic E-state index is 12.1. The Hall–Kier alpha value is -3.13. The van der Waals surface area contributed by atoms with Crippen molar-refractivity contribution in [3.05, 3.63) is 59.7 Å². The molecule has 132 valence electrons. The maximum Gasteiger partial charge on any atom is 0.336 e. The molecule has 26 heavy (non-hydrogen) atoms. The minimum atomic E-state index is -1.05. The summed E-state index contributed by atoms with van der Waals surface area (Å²) >= 11 is 1.27. The van der Waals surface area contributed by atoms with Crippen molar-refractivity contribution in [3.63, 3.8) is 0 Å². The summed E-state index contributed by atoms with van der Waals surface area (Å²) in [6.45, 7) is 0. The molecule has 0 atom stereocenters. The number of nitrogens with zero attached hydrogens (tertiary/aromatic N) is 3. The lowest BCUT2D eigenvalue weighted by atomic mass is 10.1. The van der Waals surface area contributed by atoms with Gasteiger partial charge in [-0.1, -0.05) is 30.0 Å². The number of aliphatic imine (C=N–C) groups is 1. The van der Waals surface area contributed by atoms with Crippen LogP contribution in [0.15, 0.2) is 58.6 Å². The third kappa shape index (κ3) is 3.92. The highest BCUT2D eigenvalue weighted by Gasteiger charge is 2.28. The molecule has 0 aliphatic carbocycles. The fourth-order valence-corrected chi connectivity index (χ4v) is 3.06. The van der Waals surface area contributed by atoms with Crippen LogP contribution in [0.3, 0.4) is 0 Å². The summed E-state index contributed by atoms with van der Waals surface area (Å²) in [6.07, 6.45) is 1.36. The number of amidine groups is 1. The molecule has 0 saturated carbocycles. The van der Waals surface area contributed by atoms with Gasteiger partial charge in [0.25, 0.3) is 5.91 Å². The van der Waals surface area contributed by atoms with E-state index in [4.69, 9.17) is 4.74 Å². The van der Waals surface area contributed by atoms with Crippen molar-refractivity contribution in [3.8, 4) is 5.75 Å². The van der Waals surface area contributed by atoms with Gasteiger partial charge >= 0.3 is 5.97 Å². The second-order valence-electron chi connectivity index (χ2n) is 5.22. The van der Waals surface area contributed by atoms with Gasteiger partial charge in [-0.3, -0.25) is 4.79 Å². The zero-order valence-electron chi connectivity index (χ0n) is 13.8. The van der Waals surface area contributed by atoms with Gasteiger partial charge in [0.15, 0.2) is 5.17 Å². The van der Waals surface area contributed by atoms with Crippen molar-refractivity contribution in [1.29, 1.82) is 0 Å². The molecule has 1 fully saturated rings. The van der Waals surface area contributed by atoms with E-state index in [2.05, 4.69) is 10.1 Å². The average Bonchev–Trinajstić information content (AvgIpc) is 3.00. The number of carbonyl (C=O) groups is 2. The third-order valence-corrected chi connectivity index (χ3v) is 4.46. The second kappa shape index (κ2) is 7.83. The molecule has 8 heteroatoms. The molecule has 1 aliphatic rings. The maximum absolute atomic E-state index is 12.1. The Morgan fingerprint density at radius 3 is 2.65 bits per heavy atom. The van der Waals surface area contributed by atoms with Crippen molar-refractivity contribution in [2.45, 2.75) is 0 Å². The molecule has 0 spiro atoms. The van der Waals surface area contributed by atoms with E-state index in [1.54, 1.807) is 49.6 Å². The molecular formula is C18H15N3O4S. The highest BCUT2D eigenvalue weighted by molar-refractivity contribution is 8.15. The predicted octanol–water partition coefficient (Wildman–Crippen LogP) is 2.99. The topological polar surface area (TPSA) is 91.6 Å². The third-order valence-electron chi connectivity index (χ3n) is 3.54. The summed E-state index contributed by atoms with van der Waals surface area (Å²) in [4.78, 5) is 27.8. The van der Waals surface area contributed by atoms with Gasteiger partial charge in [-0.25, -0.2) is 9.79 Å². The molecule has 1 heterocycles. The summed E-state index contributed by atoms with van der Waals surface area (Å²) < 4.78 is 5.11. The molecule has 7 nitrogen and oxygen atoms in total. The van der Waals surface area contributed by atoms with E-state index in [0.29, 0.717) is 22.2 Å². The Morgan fingerprint density at radius 2 is 1.96 bits per heavy atom. The number of carbonyl (C=O) groups excluding carboxylic acids is 1. The number of rotatable bonds is 5. The largest absolute Gasteiger partial charge is 0.497 e. The van der Waals surface area contributed by atoms with Crippen molar-refractivity contribution in [2.75, 3.05) is 12.9 Å². The molecule has 0 unspecified atom stereocenters. The van der Waals surface area contributed by atoms with Crippen LogP contribution in [0, 0.1) is 0 Å². The standard InChI is InChI=1S/C18H15N3O4S/c1-25-14-8-6-13(7-9-14)20-18-21(16(22)11-26-18)19-10-12-4-2-3-5-15(12)17(23)24/h2-10H,11H2,1H3,(H,23,24)/b19-10-,20-18?. The molecule has 1 amide bonds. The minimum absolute atomic E-state index is 0.115. The fraction of sp³-hybridized carbons (Fsp3) is 0.111. The smallest absolute Gasteiger partial charge is 0.336 e. The van der Waals surface area contributed by atoms with Gasteiger partial charge < -0.3 is 9.84 Å². The van der Waals surface area contributed by atoms with Crippen molar-refractivity contribution >= 4 is 40.7 Å². The van der Waals surface area contributed by atoms with E-state index in [9.17, 15) is 14.7 Å². The Bertz CT molecular complexity index is 894. The number of hydrogen-bond acceptors (Lipinski definition) is 6. The van der Waals surface area contributed by atoms with Crippen molar-refractivity contribution in [1.82, 2.24) is 5.01 Å². The van der Waals surface area contributed by atoms with E-state index >= 15 is 0 Å². The average molecular weight is 369 g/mol. The summed E-state index contributed by atoms with van der Waals surface area (Å²) in [7, 11) is 1.58. The number of benzene rings is 2. The number of thioether (sulfide) groups is 1. The van der Waals surface area contributed by atoms with Crippen LogP contribution in [0.2, 0.25) is 0 Å². The SMILES string of the molecule is COc1ccc(N=C2SCC(=O)N2/N=C\c2ccccc2C(=O)O)cc1. The van der Waals surface area contributed by atoms with Gasteiger partial charge in [0, 0.05) is 5.56 Å². The Balaban J connectivity index is 1.86. The van der Waals surface area contributed by atoms with Gasteiger partial charge in [0.05, 0.1) is 30.3 Å². The monoisotopic (exact) mass is 369 g/mol. The number of hydrogen-bond donors (Lipinski definition) is 1. The Kier molecular flexibility index (Phi) is 5.33. The van der Waals surface area contributed by atoms with Gasteiger partial charge in [-0.15, -0.1) is 0 Å². The zero-order valence-corrected chi connectivity index (χ0v) is 14.6. The lowest BCUT2D eigenvalue weighted by Gasteiger charge is -2.09. The van der Waals surface area contributed by atoms with Crippen LogP contribution in [-0.2, 0) is 4.79 Å². The number of carboxylic acids is 1. The predicted molar refractivity (Wildman–Crippen MR) is 100 cm³/mol. The second-order valence-corrected chi connectivity index (χ2v) is 6.17. The quantitative estimate of drug-likeness (QED) is 0.818. The van der Waals surface area contributed by atoms with Gasteiger partial charge in [-0.05, 0) is 30.3 Å². The van der Waals surface area contributed by atoms with Crippen LogP contribution in [0.25, 0.3) is 0 Å². The van der Waals surface area contributed by atoms with Crippen LogP contribution in [0.1, 0.15) is 15.9 Å². The lowest BCUT2D eigenvalue weighted by Crippen LogP contribution is -2.24. The van der Waals surface area contributed by atoms with E-state index in [0.717, 1.165) is 0 Å². The lowest BCUT2D eigenvalue weighted by molar-refractivity contribution is -0.124. The first-order valence-corrected chi connectivity index (χ1v) is 8.62. The first kappa shape index (κ1) is 17.7. The molecule has 0 aromatic heterocycles. The molecule has 1 saturated heterocycles. The summed E-state index contributed by atoms with van der Waals surface area (Å²) in [6, 6.07) is 13.6. The van der Waals surface area contributed by atoms with Crippen LogP contribution >= 0.6 is 11.8 Å². The van der Waals surface area contributed by atoms with Crippen LogP contribution in [0.5, 0.6) is 5.75 Å². The molecule has 0 bridgehead atoms. The fourth-order valence-electron chi connectivity index (χ4n) is 2.24. The Labute approximate surface area is 154 Å². The Morgan fingerprint density at radius 1 is 1.23 bits per heavy atom. The molecule has 0 radical (unpaired) electrons. The molecule has 1 N–H and O–H groups in total. The molecule has 3 rings (SSSR count). The minimum Gasteiger partial charge on any atom is -0.497 e. The van der Waals surface area contributed by atoms with E-state index in [-0.39, 0.29) is 17.2 Å². The molecule has 1 aliphatic heterocycles. The van der Waals surface area contributed by atoms with Crippen LogP contribution < -0.4 is 4.74 Å². The van der Waals surface area contributed by atoms with Gasteiger partial charge in [-0.2, -0.15) is 10.1 Å². The molecular weight excluding hydrogens is 354 g/mol. The summed E-state index contributed by atoms with van der Waals surface area (Å²) in [5.74, 6) is -0.329. The van der Waals surface area contributed by atoms with Crippen molar-refractivity contribution in [2.24, 2.45) is 10.1 Å². The summed E-state index contributed by atoms with van der Waals surface area (Å²) in [5, 5.41) is 15.0. The van der Waals surface area contributed by atoms with Crippen LogP contribution in [0.4, 0.5) is 5.69 Å². The number of carboxylic acid groups (broad SMARTS) is 1. The normalized spacial score (nSPS) is 15.8. The number of amides is 1. The van der Waals surface area contributed by atoms with Gasteiger partial charge in [0.1, 0.15) is 5.75 Å². The summed E-state index contributed by atoms with van der Waals surface area (Å²) in [5.41, 5.74) is 1.19. The first-order valence-electron chi connectivity index (χ1n) is 7.63. The number of ether oxygens (including phenoxy) is 1. The van der Waals surface area contributed by atoms with Gasteiger partial charge in [0.2, 0.25) is 0 Å². The molecule has 2 aromatic carbocycles. The van der Waals surface area contributed by atoms with E-state index in [1.807, 2.05) is 0 Å². The van der Waals surface area contributed by atoms with E-state index < -0.39 is 5.97 Å². The number of hydrazone groups is 1. The number of methoxy groups -OCH3 is 1. The number of aromatic carboxylic acids is 1. The van der Waals surface area contributed by atoms with E-state index in [1.165, 1.54) is 29.1 Å². The zero-order chi connectivity index (χ0) is 18.5. The highest BCUT2D eigenvalue weighted by atomic mass is 32.2. The highest BCUT2D eigenvalue weighted by Crippen LogP contribution is 2.25. The first-order chi connectivity index (χ1) is 12.6.